The molecule has 1 aliphatic rings. The molecule has 2 aromatic heterocycles. The first-order chi connectivity index (χ1) is 15.2. The Morgan fingerprint density at radius 2 is 1.94 bits per heavy atom. The van der Waals surface area contributed by atoms with Crippen molar-refractivity contribution >= 4 is 24.8 Å². The third-order valence-corrected chi connectivity index (χ3v) is 5.34. The molecule has 0 bridgehead atoms. The predicted molar refractivity (Wildman–Crippen MR) is 117 cm³/mol. The Labute approximate surface area is 190 Å². The van der Waals surface area contributed by atoms with Crippen LogP contribution in [0.4, 0.5) is 5.82 Å². The first kappa shape index (κ1) is 27.5. The summed E-state index contributed by atoms with van der Waals surface area (Å²) < 4.78 is 21.8. The van der Waals surface area contributed by atoms with Crippen LogP contribution in [0, 0.1) is 0 Å². The standard InChI is InChI=1S/C10H14N5O7P.C8H19NO/c11-8-5-9(13-2-12-8)15(3-14-5)10-7(17)6(16)4(22-10)1-21-23(18,19)20;1-7(9)5-4-6-8(2,3)10/h2-4,6-7,10,16-17H,1H2,(H2,11,12,13)(H2,18,19,20);7,10H,4-6,9H2,1-3H3/t4-,6-,7-,10-;/m1./s1. The zero-order valence-electron chi connectivity index (χ0n) is 18.7. The molecule has 2 aromatic rings. The van der Waals surface area contributed by atoms with Crippen LogP contribution in [0.3, 0.4) is 0 Å². The Bertz CT molecular complexity index is 946. The Kier molecular flexibility index (Phi) is 9.27. The molecule has 0 saturated carbocycles. The van der Waals surface area contributed by atoms with E-state index in [4.69, 9.17) is 26.0 Å². The van der Waals surface area contributed by atoms with E-state index in [0.29, 0.717) is 5.52 Å². The normalized spacial score (nSPS) is 24.5. The van der Waals surface area contributed by atoms with Crippen LogP contribution in [-0.4, -0.2) is 81.2 Å². The molecule has 1 saturated heterocycles. The van der Waals surface area contributed by atoms with Crippen molar-refractivity contribution in [3.8, 4) is 0 Å². The van der Waals surface area contributed by atoms with E-state index in [0.717, 1.165) is 19.3 Å². The zero-order chi connectivity index (χ0) is 25.0. The Hall–Kier alpha value is -1.74. The molecule has 15 heteroatoms. The summed E-state index contributed by atoms with van der Waals surface area (Å²) in [5.41, 5.74) is 11.3. The minimum Gasteiger partial charge on any atom is -0.390 e. The number of nitrogens with two attached hydrogens (primary N) is 2. The minimum atomic E-state index is -4.72. The van der Waals surface area contributed by atoms with E-state index < -0.39 is 44.6 Å². The van der Waals surface area contributed by atoms with Crippen molar-refractivity contribution in [3.63, 3.8) is 0 Å². The summed E-state index contributed by atoms with van der Waals surface area (Å²) in [6.45, 7) is 5.05. The molecule has 0 spiro atoms. The van der Waals surface area contributed by atoms with Gasteiger partial charge in [-0.25, -0.2) is 19.5 Å². The summed E-state index contributed by atoms with van der Waals surface area (Å²) in [5.74, 6) is 0.142. The highest BCUT2D eigenvalue weighted by Gasteiger charge is 2.45. The number of phosphoric acid groups is 1. The quantitative estimate of drug-likeness (QED) is 0.229. The van der Waals surface area contributed by atoms with Crippen molar-refractivity contribution < 1.29 is 38.9 Å². The number of rotatable bonds is 8. The number of hydrogen-bond acceptors (Lipinski definition) is 11. The van der Waals surface area contributed by atoms with Crippen LogP contribution in [0.5, 0.6) is 0 Å². The molecule has 5 atom stereocenters. The molecular weight excluding hydrogens is 459 g/mol. The number of nitrogens with zero attached hydrogens (tertiary/aromatic N) is 4. The van der Waals surface area contributed by atoms with E-state index >= 15 is 0 Å². The zero-order valence-corrected chi connectivity index (χ0v) is 19.6. The van der Waals surface area contributed by atoms with Crippen molar-refractivity contribution in [3.05, 3.63) is 12.7 Å². The number of aliphatic hydroxyl groups excluding tert-OH is 2. The van der Waals surface area contributed by atoms with E-state index in [1.165, 1.54) is 17.2 Å². The van der Waals surface area contributed by atoms with E-state index in [1.54, 1.807) is 0 Å². The number of aliphatic hydroxyl groups is 3. The number of aromatic nitrogens is 4. The lowest BCUT2D eigenvalue weighted by Crippen LogP contribution is -2.33. The molecule has 0 amide bonds. The molecule has 1 fully saturated rings. The average Bonchev–Trinajstić information content (AvgIpc) is 3.22. The molecule has 1 unspecified atom stereocenters. The van der Waals surface area contributed by atoms with Gasteiger partial charge in [-0.05, 0) is 40.0 Å². The van der Waals surface area contributed by atoms with E-state index in [9.17, 15) is 19.9 Å². The molecule has 9 N–H and O–H groups in total. The number of ether oxygens (including phenoxy) is 1. The van der Waals surface area contributed by atoms with Gasteiger partial charge >= 0.3 is 7.82 Å². The van der Waals surface area contributed by atoms with Crippen molar-refractivity contribution in [2.45, 2.75) is 76.2 Å². The van der Waals surface area contributed by atoms with Crippen LogP contribution < -0.4 is 11.5 Å². The number of nitrogen functional groups attached to an aromatic ring is 1. The number of hydrogen-bond donors (Lipinski definition) is 7. The molecule has 3 rings (SSSR count). The maximum Gasteiger partial charge on any atom is 0.469 e. The van der Waals surface area contributed by atoms with Crippen molar-refractivity contribution in [2.75, 3.05) is 12.3 Å². The molecule has 33 heavy (non-hydrogen) atoms. The highest BCUT2D eigenvalue weighted by Crippen LogP contribution is 2.38. The third kappa shape index (κ3) is 8.21. The van der Waals surface area contributed by atoms with E-state index in [1.807, 2.05) is 20.8 Å². The first-order valence-corrected chi connectivity index (χ1v) is 11.9. The largest absolute Gasteiger partial charge is 0.469 e. The second-order valence-electron chi connectivity index (χ2n) is 8.60. The topological polar surface area (TPSA) is 232 Å². The van der Waals surface area contributed by atoms with Crippen LogP contribution in [-0.2, 0) is 13.8 Å². The van der Waals surface area contributed by atoms with Gasteiger partial charge < -0.3 is 41.3 Å². The second kappa shape index (κ2) is 11.1. The molecule has 0 aliphatic carbocycles. The van der Waals surface area contributed by atoms with Crippen LogP contribution in [0.15, 0.2) is 12.7 Å². The van der Waals surface area contributed by atoms with Gasteiger partial charge in [0.1, 0.15) is 30.2 Å². The SMILES string of the molecule is CC(N)CCCC(C)(C)O.Nc1ncnc2c1ncn2[C@@H]1O[C@H](COP(=O)(O)O)[C@@H](O)[C@H]1O. The highest BCUT2D eigenvalue weighted by atomic mass is 31.2. The van der Waals surface area contributed by atoms with Gasteiger partial charge in [0.2, 0.25) is 0 Å². The van der Waals surface area contributed by atoms with Crippen molar-refractivity contribution in [2.24, 2.45) is 5.73 Å². The first-order valence-electron chi connectivity index (χ1n) is 10.3. The van der Waals surface area contributed by atoms with Crippen LogP contribution in [0.25, 0.3) is 11.2 Å². The van der Waals surface area contributed by atoms with E-state index in [-0.39, 0.29) is 17.5 Å². The van der Waals surface area contributed by atoms with Gasteiger partial charge in [0, 0.05) is 6.04 Å². The molecule has 3 heterocycles. The number of phosphoric ester groups is 1. The van der Waals surface area contributed by atoms with Gasteiger partial charge in [-0.2, -0.15) is 0 Å². The predicted octanol–water partition coefficient (Wildman–Crippen LogP) is -0.588. The molecule has 14 nitrogen and oxygen atoms in total. The monoisotopic (exact) mass is 492 g/mol. The minimum absolute atomic E-state index is 0.142. The maximum atomic E-state index is 10.7. The molecule has 188 valence electrons. The third-order valence-electron chi connectivity index (χ3n) is 4.85. The summed E-state index contributed by atoms with van der Waals surface area (Å²) in [6, 6.07) is 0.266. The summed E-state index contributed by atoms with van der Waals surface area (Å²) in [6.07, 6.45) is 0.371. The summed E-state index contributed by atoms with van der Waals surface area (Å²) in [4.78, 5) is 29.2. The molecule has 0 aromatic carbocycles. The highest BCUT2D eigenvalue weighted by molar-refractivity contribution is 7.46. The molecule has 0 radical (unpaired) electrons. The van der Waals surface area contributed by atoms with Crippen LogP contribution in [0.1, 0.15) is 46.3 Å². The lowest BCUT2D eigenvalue weighted by molar-refractivity contribution is -0.0504. The van der Waals surface area contributed by atoms with Crippen LogP contribution in [0.2, 0.25) is 0 Å². The molecular formula is C18H33N6O8P. The fraction of sp³-hybridized carbons (Fsp3) is 0.722. The summed E-state index contributed by atoms with van der Waals surface area (Å²) in [7, 11) is -4.72. The Morgan fingerprint density at radius 1 is 1.27 bits per heavy atom. The number of fused-ring (bicyclic) bond motifs is 1. The Balaban J connectivity index is 0.000000328. The van der Waals surface area contributed by atoms with Gasteiger partial charge in [-0.1, -0.05) is 0 Å². The van der Waals surface area contributed by atoms with Gasteiger partial charge in [0.15, 0.2) is 17.7 Å². The smallest absolute Gasteiger partial charge is 0.390 e. The molecule has 1 aliphatic heterocycles. The van der Waals surface area contributed by atoms with Crippen molar-refractivity contribution in [1.29, 1.82) is 0 Å². The average molecular weight is 492 g/mol. The lowest BCUT2D eigenvalue weighted by atomic mass is 10.0. The number of imidazole rings is 1. The van der Waals surface area contributed by atoms with Gasteiger partial charge in [0.05, 0.1) is 18.5 Å². The summed E-state index contributed by atoms with van der Waals surface area (Å²) >= 11 is 0. The van der Waals surface area contributed by atoms with Gasteiger partial charge in [-0.3, -0.25) is 9.09 Å². The Morgan fingerprint density at radius 3 is 2.52 bits per heavy atom. The van der Waals surface area contributed by atoms with Gasteiger partial charge in [0.25, 0.3) is 0 Å². The van der Waals surface area contributed by atoms with Gasteiger partial charge in [-0.15, -0.1) is 0 Å². The number of anilines is 1. The van der Waals surface area contributed by atoms with Crippen LogP contribution >= 0.6 is 7.82 Å². The fourth-order valence-electron chi connectivity index (χ4n) is 3.18. The second-order valence-corrected chi connectivity index (χ2v) is 9.84. The van der Waals surface area contributed by atoms with Crippen molar-refractivity contribution in [1.82, 2.24) is 19.5 Å². The summed E-state index contributed by atoms with van der Waals surface area (Å²) in [5, 5.41) is 29.4. The fourth-order valence-corrected chi connectivity index (χ4v) is 3.52. The van der Waals surface area contributed by atoms with E-state index in [2.05, 4.69) is 19.5 Å². The maximum absolute atomic E-state index is 10.7. The lowest BCUT2D eigenvalue weighted by Gasteiger charge is -2.16.